The monoisotopic (exact) mass is 404 g/mol. The highest BCUT2D eigenvalue weighted by Crippen LogP contribution is 2.34. The Morgan fingerprint density at radius 2 is 1.90 bits per heavy atom. The number of nitrogens with zero attached hydrogens (tertiary/aromatic N) is 2. The van der Waals surface area contributed by atoms with E-state index in [1.165, 1.54) is 12.1 Å². The highest BCUT2D eigenvalue weighted by Gasteiger charge is 2.44. The second-order valence-corrected chi connectivity index (χ2v) is 7.49. The molecule has 0 spiro atoms. The molecular weight excluding hydrogens is 383 g/mol. The van der Waals surface area contributed by atoms with E-state index in [1.807, 2.05) is 0 Å². The summed E-state index contributed by atoms with van der Waals surface area (Å²) in [7, 11) is 0. The fourth-order valence-electron chi connectivity index (χ4n) is 3.83. The largest absolute Gasteiger partial charge is 0.394 e. The van der Waals surface area contributed by atoms with Gasteiger partial charge in [0.05, 0.1) is 11.6 Å². The molecule has 0 amide bonds. The summed E-state index contributed by atoms with van der Waals surface area (Å²) in [6.45, 7) is 3.44. The normalized spacial score (nSPS) is 21.6. The van der Waals surface area contributed by atoms with Crippen LogP contribution in [-0.2, 0) is 19.1 Å². The van der Waals surface area contributed by atoms with Gasteiger partial charge in [0.15, 0.2) is 5.58 Å². The standard InChI is InChI=1S/C20H21FN2O6/c1-12(20(26)27-17(24)4-5-18(25)28-20)11-23-8-6-13(7-9-23)19-15-3-2-14(21)10-16(15)29-22-19/h2-5,10,12-13,26H,6-9,11H2,1H3/t12-/m1/s1. The van der Waals surface area contributed by atoms with Gasteiger partial charge in [0, 0.05) is 36.1 Å². The number of cyclic esters (lactones) is 2. The summed E-state index contributed by atoms with van der Waals surface area (Å²) in [5.74, 6) is -4.81. The van der Waals surface area contributed by atoms with Crippen molar-refractivity contribution < 1.29 is 33.1 Å². The van der Waals surface area contributed by atoms with Crippen molar-refractivity contribution in [3.63, 3.8) is 0 Å². The van der Waals surface area contributed by atoms with Gasteiger partial charge in [0.1, 0.15) is 5.82 Å². The van der Waals surface area contributed by atoms with E-state index in [-0.39, 0.29) is 11.7 Å². The number of rotatable bonds is 4. The van der Waals surface area contributed by atoms with Gasteiger partial charge < -0.3 is 24.0 Å². The first-order valence-corrected chi connectivity index (χ1v) is 9.47. The molecule has 0 saturated carbocycles. The number of piperidine rings is 1. The van der Waals surface area contributed by atoms with Crippen LogP contribution in [0.25, 0.3) is 11.0 Å². The van der Waals surface area contributed by atoms with Gasteiger partial charge in [0.2, 0.25) is 0 Å². The molecule has 2 aliphatic rings. The van der Waals surface area contributed by atoms with Crippen molar-refractivity contribution in [3.8, 4) is 0 Å². The van der Waals surface area contributed by atoms with Gasteiger partial charge >= 0.3 is 17.9 Å². The predicted molar refractivity (Wildman–Crippen MR) is 97.8 cm³/mol. The third-order valence-electron chi connectivity index (χ3n) is 5.44. The molecule has 2 aliphatic heterocycles. The maximum Gasteiger partial charge on any atom is 0.377 e. The minimum absolute atomic E-state index is 0.175. The molecule has 1 N–H and O–H groups in total. The molecule has 0 radical (unpaired) electrons. The lowest BCUT2D eigenvalue weighted by atomic mass is 9.91. The second-order valence-electron chi connectivity index (χ2n) is 7.49. The van der Waals surface area contributed by atoms with E-state index in [2.05, 4.69) is 10.1 Å². The Bertz CT molecular complexity index is 943. The van der Waals surface area contributed by atoms with Gasteiger partial charge in [-0.05, 0) is 38.1 Å². The molecule has 1 fully saturated rings. The summed E-state index contributed by atoms with van der Waals surface area (Å²) in [5.41, 5.74) is 1.26. The molecule has 154 valence electrons. The molecule has 0 bridgehead atoms. The number of aromatic nitrogens is 1. The average Bonchev–Trinajstić information content (AvgIpc) is 3.03. The van der Waals surface area contributed by atoms with E-state index < -0.39 is 23.8 Å². The maximum atomic E-state index is 13.3. The number of carbonyl (C=O) groups excluding carboxylic acids is 2. The molecule has 29 heavy (non-hydrogen) atoms. The van der Waals surface area contributed by atoms with Gasteiger partial charge in [-0.3, -0.25) is 0 Å². The number of likely N-dealkylation sites (tertiary alicyclic amines) is 1. The smallest absolute Gasteiger partial charge is 0.377 e. The van der Waals surface area contributed by atoms with Crippen molar-refractivity contribution in [2.75, 3.05) is 19.6 Å². The van der Waals surface area contributed by atoms with E-state index in [0.29, 0.717) is 25.2 Å². The van der Waals surface area contributed by atoms with Gasteiger partial charge in [-0.2, -0.15) is 0 Å². The van der Waals surface area contributed by atoms with Crippen LogP contribution in [0.4, 0.5) is 4.39 Å². The van der Waals surface area contributed by atoms with Crippen LogP contribution in [0.5, 0.6) is 0 Å². The fourth-order valence-corrected chi connectivity index (χ4v) is 3.83. The van der Waals surface area contributed by atoms with Crippen LogP contribution >= 0.6 is 0 Å². The summed E-state index contributed by atoms with van der Waals surface area (Å²) in [5, 5.41) is 15.5. The Kier molecular flexibility index (Phi) is 5.10. The lowest BCUT2D eigenvalue weighted by Crippen LogP contribution is -2.49. The van der Waals surface area contributed by atoms with Crippen molar-refractivity contribution in [3.05, 3.63) is 41.9 Å². The number of hydrogen-bond donors (Lipinski definition) is 1. The third-order valence-corrected chi connectivity index (χ3v) is 5.44. The Labute approximate surface area is 165 Å². The van der Waals surface area contributed by atoms with E-state index in [1.54, 1.807) is 13.0 Å². The van der Waals surface area contributed by atoms with Gasteiger partial charge in [-0.1, -0.05) is 12.1 Å². The number of benzene rings is 1. The zero-order valence-electron chi connectivity index (χ0n) is 15.8. The number of esters is 2. The minimum atomic E-state index is -2.30. The summed E-state index contributed by atoms with van der Waals surface area (Å²) in [6.07, 6.45) is 3.44. The predicted octanol–water partition coefficient (Wildman–Crippen LogP) is 2.08. The van der Waals surface area contributed by atoms with Crippen molar-refractivity contribution >= 4 is 22.9 Å². The Balaban J connectivity index is 1.38. The van der Waals surface area contributed by atoms with Crippen LogP contribution in [0.1, 0.15) is 31.4 Å². The molecule has 1 saturated heterocycles. The number of carbonyl (C=O) groups is 2. The first-order valence-electron chi connectivity index (χ1n) is 9.47. The topological polar surface area (TPSA) is 102 Å². The SMILES string of the molecule is C[C@H](CN1CCC(c2noc3cc(F)ccc23)CC1)C1(O)OC(=O)C=CC(=O)O1. The highest BCUT2D eigenvalue weighted by atomic mass is 19.1. The lowest BCUT2D eigenvalue weighted by molar-refractivity contribution is -0.344. The Morgan fingerprint density at radius 3 is 2.55 bits per heavy atom. The molecule has 8 nitrogen and oxygen atoms in total. The van der Waals surface area contributed by atoms with E-state index in [0.717, 1.165) is 36.1 Å². The number of ether oxygens (including phenoxy) is 2. The summed E-state index contributed by atoms with van der Waals surface area (Å²) in [6, 6.07) is 4.40. The van der Waals surface area contributed by atoms with Crippen molar-refractivity contribution in [2.45, 2.75) is 31.7 Å². The zero-order valence-corrected chi connectivity index (χ0v) is 15.8. The van der Waals surface area contributed by atoms with Crippen molar-refractivity contribution in [1.82, 2.24) is 10.1 Å². The number of aliphatic hydroxyl groups is 1. The van der Waals surface area contributed by atoms with Crippen LogP contribution < -0.4 is 0 Å². The van der Waals surface area contributed by atoms with Crippen molar-refractivity contribution in [2.24, 2.45) is 5.92 Å². The van der Waals surface area contributed by atoms with Crippen molar-refractivity contribution in [1.29, 1.82) is 0 Å². The van der Waals surface area contributed by atoms with E-state index in [4.69, 9.17) is 14.0 Å². The summed E-state index contributed by atoms with van der Waals surface area (Å²) < 4.78 is 28.4. The molecule has 1 aromatic carbocycles. The summed E-state index contributed by atoms with van der Waals surface area (Å²) >= 11 is 0. The number of hydrogen-bond acceptors (Lipinski definition) is 8. The molecule has 0 unspecified atom stereocenters. The third kappa shape index (κ3) is 4.01. The highest BCUT2D eigenvalue weighted by molar-refractivity contribution is 5.93. The first kappa shape index (κ1) is 19.5. The van der Waals surface area contributed by atoms with E-state index in [9.17, 15) is 19.1 Å². The van der Waals surface area contributed by atoms with Crippen LogP contribution in [0, 0.1) is 11.7 Å². The zero-order chi connectivity index (χ0) is 20.6. The van der Waals surface area contributed by atoms with Gasteiger partial charge in [-0.25, -0.2) is 14.0 Å². The Hall–Kier alpha value is -2.78. The van der Waals surface area contributed by atoms with Gasteiger partial charge in [-0.15, -0.1) is 0 Å². The molecule has 2 aromatic rings. The fraction of sp³-hybridized carbons (Fsp3) is 0.450. The molecule has 9 heteroatoms. The Morgan fingerprint density at radius 1 is 1.24 bits per heavy atom. The second kappa shape index (κ2) is 7.57. The first-order chi connectivity index (χ1) is 13.8. The lowest BCUT2D eigenvalue weighted by Gasteiger charge is -2.36. The minimum Gasteiger partial charge on any atom is -0.394 e. The van der Waals surface area contributed by atoms with Crippen LogP contribution in [0.15, 0.2) is 34.9 Å². The van der Waals surface area contributed by atoms with Crippen LogP contribution in [0.3, 0.4) is 0 Å². The molecule has 4 rings (SSSR count). The molecule has 0 aliphatic carbocycles. The van der Waals surface area contributed by atoms with Gasteiger partial charge in [0.25, 0.3) is 0 Å². The molecule has 1 aromatic heterocycles. The van der Waals surface area contributed by atoms with E-state index >= 15 is 0 Å². The quantitative estimate of drug-likeness (QED) is 0.773. The number of halogens is 1. The average molecular weight is 404 g/mol. The van der Waals surface area contributed by atoms with Crippen LogP contribution in [0.2, 0.25) is 0 Å². The van der Waals surface area contributed by atoms with Crippen LogP contribution in [-0.4, -0.2) is 52.7 Å². The molecular formula is C20H21FN2O6. The maximum absolute atomic E-state index is 13.3. The molecule has 1 atom stereocenters. The molecule has 3 heterocycles. The number of fused-ring (bicyclic) bond motifs is 1. The summed E-state index contributed by atoms with van der Waals surface area (Å²) in [4.78, 5) is 25.3.